The molecule has 1 amide bonds. The molecule has 1 heterocycles. The van der Waals surface area contributed by atoms with Gasteiger partial charge >= 0.3 is 0 Å². The lowest BCUT2D eigenvalue weighted by Gasteiger charge is -2.15. The Kier molecular flexibility index (Phi) is 4.39. The van der Waals surface area contributed by atoms with Gasteiger partial charge in [0.1, 0.15) is 11.3 Å². The first kappa shape index (κ1) is 17.2. The fourth-order valence-electron chi connectivity index (χ4n) is 2.73. The van der Waals surface area contributed by atoms with E-state index in [0.717, 1.165) is 16.7 Å². The monoisotopic (exact) mass is 357 g/mol. The smallest absolute Gasteiger partial charge is 0.255 e. The highest BCUT2D eigenvalue weighted by atomic mass is 32.2. The molecule has 5 nitrogen and oxygen atoms in total. The van der Waals surface area contributed by atoms with Crippen molar-refractivity contribution in [2.75, 3.05) is 6.26 Å². The van der Waals surface area contributed by atoms with Crippen LogP contribution in [0.2, 0.25) is 0 Å². The van der Waals surface area contributed by atoms with Crippen LogP contribution in [0.3, 0.4) is 0 Å². The van der Waals surface area contributed by atoms with Gasteiger partial charge in [-0.1, -0.05) is 24.3 Å². The molecule has 0 bridgehead atoms. The van der Waals surface area contributed by atoms with Crippen LogP contribution in [0, 0.1) is 6.92 Å². The number of hydrogen-bond acceptors (Lipinski definition) is 4. The van der Waals surface area contributed by atoms with Gasteiger partial charge in [-0.25, -0.2) is 8.42 Å². The average Bonchev–Trinajstić information content (AvgIpc) is 2.94. The highest BCUT2D eigenvalue weighted by molar-refractivity contribution is 7.90. The van der Waals surface area contributed by atoms with Crippen molar-refractivity contribution >= 4 is 26.7 Å². The Labute approximate surface area is 146 Å². The third-order valence-corrected chi connectivity index (χ3v) is 5.20. The van der Waals surface area contributed by atoms with E-state index in [1.807, 2.05) is 32.0 Å². The topological polar surface area (TPSA) is 76.4 Å². The molecular formula is C19H19NO4S. The summed E-state index contributed by atoms with van der Waals surface area (Å²) >= 11 is 0. The number of para-hydroxylation sites is 1. The molecule has 0 spiro atoms. The minimum absolute atomic E-state index is 0.236. The van der Waals surface area contributed by atoms with Gasteiger partial charge in [0.05, 0.1) is 16.5 Å². The Bertz CT molecular complexity index is 1030. The zero-order valence-electron chi connectivity index (χ0n) is 14.2. The highest BCUT2D eigenvalue weighted by Gasteiger charge is 2.17. The van der Waals surface area contributed by atoms with E-state index in [-0.39, 0.29) is 16.8 Å². The highest BCUT2D eigenvalue weighted by Crippen LogP contribution is 2.24. The molecule has 3 aromatic rings. The number of hydrogen-bond donors (Lipinski definition) is 1. The maximum absolute atomic E-state index is 12.6. The first-order valence-electron chi connectivity index (χ1n) is 7.86. The lowest BCUT2D eigenvalue weighted by Crippen LogP contribution is -2.26. The van der Waals surface area contributed by atoms with Gasteiger partial charge in [-0.15, -0.1) is 0 Å². The minimum atomic E-state index is -3.23. The van der Waals surface area contributed by atoms with Gasteiger partial charge in [0, 0.05) is 11.6 Å². The molecule has 0 unspecified atom stereocenters. The summed E-state index contributed by atoms with van der Waals surface area (Å²) in [7, 11) is -3.23. The van der Waals surface area contributed by atoms with Gasteiger partial charge in [-0.3, -0.25) is 4.79 Å². The van der Waals surface area contributed by atoms with Crippen molar-refractivity contribution in [2.45, 2.75) is 24.8 Å². The summed E-state index contributed by atoms with van der Waals surface area (Å²) in [5.41, 5.74) is 1.87. The number of carbonyl (C=O) groups excluding carboxylic acids is 1. The zero-order chi connectivity index (χ0) is 18.2. The largest absolute Gasteiger partial charge is 0.461 e. The second-order valence-corrected chi connectivity index (χ2v) is 8.13. The molecular weight excluding hydrogens is 338 g/mol. The summed E-state index contributed by atoms with van der Waals surface area (Å²) in [6.45, 7) is 3.69. The first-order valence-corrected chi connectivity index (χ1v) is 9.75. The van der Waals surface area contributed by atoms with E-state index in [9.17, 15) is 13.2 Å². The second-order valence-electron chi connectivity index (χ2n) is 6.12. The van der Waals surface area contributed by atoms with Gasteiger partial charge in [0.15, 0.2) is 9.84 Å². The van der Waals surface area contributed by atoms with Crippen LogP contribution in [-0.2, 0) is 9.84 Å². The number of aryl methyl sites for hydroxylation is 1. The van der Waals surface area contributed by atoms with Gasteiger partial charge in [-0.2, -0.15) is 0 Å². The first-order chi connectivity index (χ1) is 11.8. The van der Waals surface area contributed by atoms with Crippen LogP contribution in [0.15, 0.2) is 57.8 Å². The van der Waals surface area contributed by atoms with Crippen LogP contribution in [-0.4, -0.2) is 20.6 Å². The van der Waals surface area contributed by atoms with Crippen molar-refractivity contribution in [1.82, 2.24) is 5.32 Å². The van der Waals surface area contributed by atoms with Gasteiger partial charge < -0.3 is 9.73 Å². The van der Waals surface area contributed by atoms with E-state index < -0.39 is 9.84 Å². The molecule has 0 saturated heterocycles. The van der Waals surface area contributed by atoms with E-state index in [2.05, 4.69) is 5.32 Å². The Morgan fingerprint density at radius 3 is 2.44 bits per heavy atom. The van der Waals surface area contributed by atoms with Crippen molar-refractivity contribution in [3.05, 3.63) is 65.4 Å². The molecule has 0 radical (unpaired) electrons. The third kappa shape index (κ3) is 3.58. The fraction of sp³-hybridized carbons (Fsp3) is 0.211. The molecule has 0 aliphatic heterocycles. The zero-order valence-corrected chi connectivity index (χ0v) is 15.1. The lowest BCUT2D eigenvalue weighted by molar-refractivity contribution is 0.0940. The molecule has 1 aromatic heterocycles. The Morgan fingerprint density at radius 2 is 1.80 bits per heavy atom. The van der Waals surface area contributed by atoms with Gasteiger partial charge in [0.2, 0.25) is 0 Å². The van der Waals surface area contributed by atoms with Crippen LogP contribution in [0.4, 0.5) is 0 Å². The van der Waals surface area contributed by atoms with Crippen LogP contribution in [0.1, 0.15) is 34.6 Å². The predicted molar refractivity (Wildman–Crippen MR) is 96.4 cm³/mol. The van der Waals surface area contributed by atoms with E-state index in [4.69, 9.17) is 4.42 Å². The van der Waals surface area contributed by atoms with Gasteiger partial charge in [-0.05, 0) is 43.7 Å². The number of amides is 1. The summed E-state index contributed by atoms with van der Waals surface area (Å²) in [6.07, 6.45) is 1.17. The second kappa shape index (κ2) is 6.37. The Hall–Kier alpha value is -2.60. The summed E-state index contributed by atoms with van der Waals surface area (Å²) in [5, 5.41) is 3.81. The lowest BCUT2D eigenvalue weighted by atomic mass is 10.1. The maximum atomic E-state index is 12.6. The molecule has 1 N–H and O–H groups in total. The third-order valence-electron chi connectivity index (χ3n) is 4.07. The molecule has 1 atom stereocenters. The van der Waals surface area contributed by atoms with Crippen LogP contribution in [0.5, 0.6) is 0 Å². The summed E-state index contributed by atoms with van der Waals surface area (Å²) < 4.78 is 28.7. The van der Waals surface area contributed by atoms with Crippen molar-refractivity contribution < 1.29 is 17.6 Å². The van der Waals surface area contributed by atoms with Crippen molar-refractivity contribution in [1.29, 1.82) is 0 Å². The normalized spacial score (nSPS) is 12.9. The van der Waals surface area contributed by atoms with Crippen molar-refractivity contribution in [2.24, 2.45) is 0 Å². The van der Waals surface area contributed by atoms with E-state index >= 15 is 0 Å². The number of benzene rings is 2. The molecule has 0 saturated carbocycles. The SMILES string of the molecule is Cc1cc2cccc(C(=O)N[C@H](C)c3ccc(S(C)(=O)=O)cc3)c2o1. The van der Waals surface area contributed by atoms with Crippen molar-refractivity contribution in [3.63, 3.8) is 0 Å². The molecule has 0 aliphatic carbocycles. The average molecular weight is 357 g/mol. The molecule has 130 valence electrons. The summed E-state index contributed by atoms with van der Waals surface area (Å²) in [6, 6.07) is 13.6. The van der Waals surface area contributed by atoms with Gasteiger partial charge in [0.25, 0.3) is 5.91 Å². The number of rotatable bonds is 4. The molecule has 3 rings (SSSR count). The Balaban J connectivity index is 1.82. The molecule has 0 fully saturated rings. The number of sulfone groups is 1. The van der Waals surface area contributed by atoms with Crippen LogP contribution >= 0.6 is 0 Å². The molecule has 6 heteroatoms. The van der Waals surface area contributed by atoms with Crippen molar-refractivity contribution in [3.8, 4) is 0 Å². The van der Waals surface area contributed by atoms with E-state index in [0.29, 0.717) is 11.1 Å². The van der Waals surface area contributed by atoms with E-state index in [1.165, 1.54) is 6.26 Å². The maximum Gasteiger partial charge on any atom is 0.255 e. The Morgan fingerprint density at radius 1 is 1.12 bits per heavy atom. The molecule has 25 heavy (non-hydrogen) atoms. The molecule has 2 aromatic carbocycles. The van der Waals surface area contributed by atoms with Crippen LogP contribution < -0.4 is 5.32 Å². The van der Waals surface area contributed by atoms with Crippen LogP contribution in [0.25, 0.3) is 11.0 Å². The minimum Gasteiger partial charge on any atom is -0.461 e. The quantitative estimate of drug-likeness (QED) is 0.773. The molecule has 0 aliphatic rings. The number of furan rings is 1. The summed E-state index contributed by atoms with van der Waals surface area (Å²) in [5.74, 6) is 0.513. The van der Waals surface area contributed by atoms with E-state index in [1.54, 1.807) is 30.3 Å². The number of carbonyl (C=O) groups is 1. The fourth-order valence-corrected chi connectivity index (χ4v) is 3.36. The number of nitrogens with one attached hydrogen (secondary N) is 1. The standard InChI is InChI=1S/C19H19NO4S/c1-12-11-15-5-4-6-17(18(15)24-12)19(21)20-13(2)14-7-9-16(10-8-14)25(3,22)23/h4-11,13H,1-3H3,(H,20,21)/t13-/m1/s1. The summed E-state index contributed by atoms with van der Waals surface area (Å²) in [4.78, 5) is 12.9. The predicted octanol–water partition coefficient (Wildman–Crippen LogP) is 3.64. The number of fused-ring (bicyclic) bond motifs is 1.